The van der Waals surface area contributed by atoms with Crippen LogP contribution in [0.25, 0.3) is 0 Å². The molecular weight excluding hydrogens is 396 g/mol. The molecule has 2 unspecified atom stereocenters. The predicted molar refractivity (Wildman–Crippen MR) is 117 cm³/mol. The van der Waals surface area contributed by atoms with Crippen molar-refractivity contribution in [2.45, 2.75) is 52.1 Å². The van der Waals surface area contributed by atoms with Crippen LogP contribution in [0.1, 0.15) is 61.9 Å². The van der Waals surface area contributed by atoms with E-state index in [2.05, 4.69) is 19.2 Å². The van der Waals surface area contributed by atoms with Crippen molar-refractivity contribution in [3.63, 3.8) is 0 Å². The average Bonchev–Trinajstić information content (AvgIpc) is 3.11. The molecule has 1 N–H and O–H groups in total. The van der Waals surface area contributed by atoms with Crippen molar-refractivity contribution in [1.82, 2.24) is 0 Å². The van der Waals surface area contributed by atoms with Gasteiger partial charge in [-0.2, -0.15) is 0 Å². The number of rotatable bonds is 7. The summed E-state index contributed by atoms with van der Waals surface area (Å²) in [6.07, 6.45) is 0.311. The van der Waals surface area contributed by atoms with Crippen LogP contribution >= 0.6 is 0 Å². The number of ether oxygens (including phenoxy) is 1. The normalized spacial score (nSPS) is 15.5. The molecule has 1 saturated heterocycles. The van der Waals surface area contributed by atoms with Gasteiger partial charge >= 0.3 is 5.97 Å². The first kappa shape index (κ1) is 22.2. The molecule has 7 heteroatoms. The fourth-order valence-electron chi connectivity index (χ4n) is 3.39. The van der Waals surface area contributed by atoms with Gasteiger partial charge in [0.1, 0.15) is 0 Å². The number of hydrogen-bond acceptors (Lipinski definition) is 5. The second-order valence-electron chi connectivity index (χ2n) is 7.60. The highest BCUT2D eigenvalue weighted by Crippen LogP contribution is 2.27. The number of carbonyl (C=O) groups is 4. The van der Waals surface area contributed by atoms with Crippen LogP contribution in [0.4, 0.5) is 11.4 Å². The monoisotopic (exact) mass is 422 g/mol. The van der Waals surface area contributed by atoms with Gasteiger partial charge < -0.3 is 10.1 Å². The Bertz CT molecular complexity index is 983. The van der Waals surface area contributed by atoms with Gasteiger partial charge in [0.2, 0.25) is 11.8 Å². The summed E-state index contributed by atoms with van der Waals surface area (Å²) in [4.78, 5) is 49.8. The summed E-state index contributed by atoms with van der Waals surface area (Å²) in [7, 11) is 0. The molecule has 0 radical (unpaired) electrons. The largest absolute Gasteiger partial charge is 0.449 e. The first-order valence-corrected chi connectivity index (χ1v) is 10.4. The minimum atomic E-state index is -1.00. The number of para-hydroxylation sites is 1. The molecule has 1 heterocycles. The maximum atomic E-state index is 12.6. The zero-order chi connectivity index (χ0) is 22.5. The highest BCUT2D eigenvalue weighted by molar-refractivity contribution is 6.19. The highest BCUT2D eigenvalue weighted by atomic mass is 16.5. The van der Waals surface area contributed by atoms with Gasteiger partial charge in [-0.25, -0.2) is 4.79 Å². The average molecular weight is 422 g/mol. The van der Waals surface area contributed by atoms with Crippen LogP contribution in [-0.4, -0.2) is 29.8 Å². The first-order chi connectivity index (χ1) is 14.8. The minimum Gasteiger partial charge on any atom is -0.449 e. The number of carbonyl (C=O) groups excluding carboxylic acids is 4. The molecule has 0 aliphatic carbocycles. The van der Waals surface area contributed by atoms with Gasteiger partial charge in [-0.05, 0) is 55.2 Å². The van der Waals surface area contributed by atoms with Crippen LogP contribution in [0.15, 0.2) is 48.5 Å². The fraction of sp³-hybridized carbons (Fsp3) is 0.333. The summed E-state index contributed by atoms with van der Waals surface area (Å²) in [6, 6.07) is 13.5. The molecule has 2 aromatic carbocycles. The summed E-state index contributed by atoms with van der Waals surface area (Å²) >= 11 is 0. The van der Waals surface area contributed by atoms with Gasteiger partial charge in [0.25, 0.3) is 5.91 Å². The first-order valence-electron chi connectivity index (χ1n) is 10.4. The Morgan fingerprint density at radius 2 is 1.61 bits per heavy atom. The second kappa shape index (κ2) is 9.55. The van der Waals surface area contributed by atoms with Crippen molar-refractivity contribution in [1.29, 1.82) is 0 Å². The number of esters is 1. The smallest absolute Gasteiger partial charge is 0.338 e. The van der Waals surface area contributed by atoms with Crippen molar-refractivity contribution in [2.75, 3.05) is 10.2 Å². The lowest BCUT2D eigenvalue weighted by molar-refractivity contribution is -0.124. The van der Waals surface area contributed by atoms with Crippen LogP contribution in [0.2, 0.25) is 0 Å². The standard InChI is InChI=1S/C24H26N2O5/c1-4-15(2)19-7-5-6-8-20(19)25-23(29)16(3)31-24(30)17-9-11-18(12-10-17)26-21(27)13-14-22(26)28/h5-12,15-16H,4,13-14H2,1-3H3,(H,25,29). The molecule has 162 valence electrons. The number of hydrogen-bond donors (Lipinski definition) is 1. The van der Waals surface area contributed by atoms with Gasteiger partial charge in [-0.15, -0.1) is 0 Å². The highest BCUT2D eigenvalue weighted by Gasteiger charge is 2.30. The van der Waals surface area contributed by atoms with Crippen molar-refractivity contribution < 1.29 is 23.9 Å². The van der Waals surface area contributed by atoms with Crippen LogP contribution in [0.3, 0.4) is 0 Å². The maximum Gasteiger partial charge on any atom is 0.338 e. The number of anilines is 2. The summed E-state index contributed by atoms with van der Waals surface area (Å²) in [6.45, 7) is 5.67. The molecule has 0 saturated carbocycles. The Morgan fingerprint density at radius 3 is 2.23 bits per heavy atom. The lowest BCUT2D eigenvalue weighted by atomic mass is 9.97. The van der Waals surface area contributed by atoms with Gasteiger partial charge in [0.05, 0.1) is 11.3 Å². The molecule has 31 heavy (non-hydrogen) atoms. The Morgan fingerprint density at radius 1 is 1.00 bits per heavy atom. The Kier molecular flexibility index (Phi) is 6.84. The van der Waals surface area contributed by atoms with E-state index in [0.29, 0.717) is 11.4 Å². The van der Waals surface area contributed by atoms with Gasteiger partial charge in [0, 0.05) is 18.5 Å². The summed E-state index contributed by atoms with van der Waals surface area (Å²) in [5.41, 5.74) is 2.37. The molecule has 0 aromatic heterocycles. The molecule has 7 nitrogen and oxygen atoms in total. The number of benzene rings is 2. The quantitative estimate of drug-likeness (QED) is 0.537. The van der Waals surface area contributed by atoms with Crippen molar-refractivity contribution in [2.24, 2.45) is 0 Å². The fourth-order valence-corrected chi connectivity index (χ4v) is 3.39. The summed E-state index contributed by atoms with van der Waals surface area (Å²) in [5, 5.41) is 2.84. The lowest BCUT2D eigenvalue weighted by Gasteiger charge is -2.18. The SMILES string of the molecule is CCC(C)c1ccccc1NC(=O)C(C)OC(=O)c1ccc(N2C(=O)CCC2=O)cc1. The van der Waals surface area contributed by atoms with Crippen LogP contribution in [0, 0.1) is 0 Å². The molecule has 1 aliphatic rings. The molecule has 0 bridgehead atoms. The molecule has 1 aliphatic heterocycles. The van der Waals surface area contributed by atoms with Crippen LogP contribution in [-0.2, 0) is 19.1 Å². The van der Waals surface area contributed by atoms with E-state index < -0.39 is 18.0 Å². The molecule has 3 rings (SSSR count). The summed E-state index contributed by atoms with van der Waals surface area (Å²) in [5.74, 6) is -1.33. The van der Waals surface area contributed by atoms with E-state index in [1.165, 1.54) is 31.2 Å². The number of nitrogens with one attached hydrogen (secondary N) is 1. The zero-order valence-electron chi connectivity index (χ0n) is 17.9. The topological polar surface area (TPSA) is 92.8 Å². The molecule has 0 spiro atoms. The van der Waals surface area contributed by atoms with Crippen molar-refractivity contribution in [3.8, 4) is 0 Å². The van der Waals surface area contributed by atoms with E-state index in [0.717, 1.165) is 16.9 Å². The van der Waals surface area contributed by atoms with Crippen molar-refractivity contribution >= 4 is 35.1 Å². The zero-order valence-corrected chi connectivity index (χ0v) is 17.9. The molecule has 2 atom stereocenters. The third kappa shape index (κ3) is 4.99. The summed E-state index contributed by atoms with van der Waals surface area (Å²) < 4.78 is 5.31. The molecule has 2 aromatic rings. The van der Waals surface area contributed by atoms with Crippen molar-refractivity contribution in [3.05, 3.63) is 59.7 Å². The lowest BCUT2D eigenvalue weighted by Crippen LogP contribution is -2.30. The van der Waals surface area contributed by atoms with E-state index in [1.54, 1.807) is 0 Å². The minimum absolute atomic E-state index is 0.190. The maximum absolute atomic E-state index is 12.6. The molecule has 3 amide bonds. The predicted octanol–water partition coefficient (Wildman–Crippen LogP) is 4.04. The van der Waals surface area contributed by atoms with Gasteiger partial charge in [-0.3, -0.25) is 19.3 Å². The second-order valence-corrected chi connectivity index (χ2v) is 7.60. The van der Waals surface area contributed by atoms with E-state index in [9.17, 15) is 19.2 Å². The van der Waals surface area contributed by atoms with E-state index >= 15 is 0 Å². The Hall–Kier alpha value is -3.48. The number of nitrogens with zero attached hydrogens (tertiary/aromatic N) is 1. The molecule has 1 fully saturated rings. The Labute approximate surface area is 181 Å². The van der Waals surface area contributed by atoms with E-state index in [4.69, 9.17) is 4.74 Å². The molecular formula is C24H26N2O5. The third-order valence-corrected chi connectivity index (χ3v) is 5.43. The van der Waals surface area contributed by atoms with Gasteiger partial charge in [0.15, 0.2) is 6.10 Å². The van der Waals surface area contributed by atoms with E-state index in [1.807, 2.05) is 24.3 Å². The van der Waals surface area contributed by atoms with E-state index in [-0.39, 0.29) is 36.1 Å². The Balaban J connectivity index is 1.63. The number of amides is 3. The third-order valence-electron chi connectivity index (χ3n) is 5.43. The van der Waals surface area contributed by atoms with Crippen LogP contribution in [0.5, 0.6) is 0 Å². The number of imide groups is 1. The van der Waals surface area contributed by atoms with Gasteiger partial charge in [-0.1, -0.05) is 32.0 Å². The van der Waals surface area contributed by atoms with Crippen LogP contribution < -0.4 is 10.2 Å².